The second-order valence-electron chi connectivity index (χ2n) is 10.2. The highest BCUT2D eigenvalue weighted by Crippen LogP contribution is 2.37. The van der Waals surface area contributed by atoms with Crippen LogP contribution in [-0.4, -0.2) is 48.4 Å². The lowest BCUT2D eigenvalue weighted by atomic mass is 9.76. The number of amides is 2. The van der Waals surface area contributed by atoms with Gasteiger partial charge in [0, 0.05) is 38.5 Å². The predicted molar refractivity (Wildman–Crippen MR) is 147 cm³/mol. The molecule has 1 aliphatic heterocycles. The molecular weight excluding hydrogens is 460 g/mol. The van der Waals surface area contributed by atoms with Crippen LogP contribution in [0.1, 0.15) is 49.7 Å². The van der Waals surface area contributed by atoms with E-state index in [9.17, 15) is 9.59 Å². The van der Waals surface area contributed by atoms with Gasteiger partial charge >= 0.3 is 0 Å². The van der Waals surface area contributed by atoms with Gasteiger partial charge in [-0.05, 0) is 42.5 Å². The van der Waals surface area contributed by atoms with Crippen LogP contribution in [0.25, 0.3) is 0 Å². The fourth-order valence-corrected chi connectivity index (χ4v) is 5.32. The van der Waals surface area contributed by atoms with Crippen molar-refractivity contribution in [3.63, 3.8) is 0 Å². The van der Waals surface area contributed by atoms with Gasteiger partial charge in [-0.3, -0.25) is 9.59 Å². The van der Waals surface area contributed by atoms with Crippen LogP contribution >= 0.6 is 0 Å². The minimum atomic E-state index is -0.444. The number of ether oxygens (including phenoxy) is 1. The van der Waals surface area contributed by atoms with Gasteiger partial charge < -0.3 is 14.5 Å². The second-order valence-corrected chi connectivity index (χ2v) is 10.2. The molecule has 3 aromatic rings. The highest BCUT2D eigenvalue weighted by Gasteiger charge is 2.41. The number of carbonyl (C=O) groups excluding carboxylic acids is 2. The highest BCUT2D eigenvalue weighted by atomic mass is 16.5. The first-order valence-corrected chi connectivity index (χ1v) is 13.3. The minimum Gasteiger partial charge on any atom is -0.493 e. The van der Waals surface area contributed by atoms with Gasteiger partial charge in [0.1, 0.15) is 5.75 Å². The molecule has 4 rings (SSSR count). The first-order valence-electron chi connectivity index (χ1n) is 13.3. The van der Waals surface area contributed by atoms with Crippen LogP contribution in [0.2, 0.25) is 0 Å². The van der Waals surface area contributed by atoms with E-state index in [1.807, 2.05) is 103 Å². The number of carbonyl (C=O) groups is 2. The van der Waals surface area contributed by atoms with Crippen LogP contribution in [0.15, 0.2) is 91.0 Å². The van der Waals surface area contributed by atoms with Gasteiger partial charge in [-0.25, -0.2) is 0 Å². The molecule has 0 radical (unpaired) electrons. The van der Waals surface area contributed by atoms with Crippen LogP contribution in [0.3, 0.4) is 0 Å². The second kappa shape index (κ2) is 12.6. The summed E-state index contributed by atoms with van der Waals surface area (Å²) < 4.78 is 6.24. The molecule has 0 aromatic heterocycles. The summed E-state index contributed by atoms with van der Waals surface area (Å²) >= 11 is 0. The normalized spacial score (nSPS) is 18.2. The molecule has 5 nitrogen and oxygen atoms in total. The van der Waals surface area contributed by atoms with E-state index in [1.165, 1.54) is 0 Å². The monoisotopic (exact) mass is 498 g/mol. The van der Waals surface area contributed by atoms with E-state index in [0.29, 0.717) is 32.7 Å². The van der Waals surface area contributed by atoms with Crippen molar-refractivity contribution < 1.29 is 14.3 Å². The number of benzene rings is 3. The molecule has 37 heavy (non-hydrogen) atoms. The average Bonchev–Trinajstić information content (AvgIpc) is 2.94. The zero-order chi connectivity index (χ0) is 26.1. The van der Waals surface area contributed by atoms with Gasteiger partial charge in [0.05, 0.1) is 12.5 Å². The lowest BCUT2D eigenvalue weighted by molar-refractivity contribution is -0.142. The molecule has 0 spiro atoms. The lowest BCUT2D eigenvalue weighted by Crippen LogP contribution is -2.51. The summed E-state index contributed by atoms with van der Waals surface area (Å²) in [5, 5.41) is 0. The van der Waals surface area contributed by atoms with Gasteiger partial charge in [0.25, 0.3) is 0 Å². The summed E-state index contributed by atoms with van der Waals surface area (Å²) in [5.74, 6) is 0.821. The summed E-state index contributed by atoms with van der Waals surface area (Å²) in [4.78, 5) is 31.0. The Balaban J connectivity index is 1.52. The van der Waals surface area contributed by atoms with E-state index in [2.05, 4.69) is 6.92 Å². The van der Waals surface area contributed by atoms with Crippen molar-refractivity contribution in [3.8, 4) is 5.75 Å². The molecule has 1 saturated heterocycles. The lowest BCUT2D eigenvalue weighted by Gasteiger charge is -2.43. The van der Waals surface area contributed by atoms with Crippen molar-refractivity contribution in [2.24, 2.45) is 5.41 Å². The molecule has 0 N–H and O–H groups in total. The van der Waals surface area contributed by atoms with Crippen LogP contribution < -0.4 is 4.74 Å². The first-order chi connectivity index (χ1) is 18.0. The van der Waals surface area contributed by atoms with Crippen LogP contribution in [-0.2, 0) is 16.1 Å². The van der Waals surface area contributed by atoms with E-state index < -0.39 is 5.41 Å². The van der Waals surface area contributed by atoms with Gasteiger partial charge in [-0.15, -0.1) is 0 Å². The molecule has 5 heteroatoms. The number of hydrogen-bond acceptors (Lipinski definition) is 3. The minimum absolute atomic E-state index is 0.0740. The number of likely N-dealkylation sites (tertiary alicyclic amines) is 1. The third-order valence-corrected chi connectivity index (χ3v) is 7.38. The largest absolute Gasteiger partial charge is 0.493 e. The molecule has 0 saturated carbocycles. The Morgan fingerprint density at radius 3 is 2.22 bits per heavy atom. The quantitative estimate of drug-likeness (QED) is 0.349. The van der Waals surface area contributed by atoms with Crippen LogP contribution in [0.4, 0.5) is 0 Å². The maximum Gasteiger partial charge on any atom is 0.230 e. The maximum absolute atomic E-state index is 13.7. The van der Waals surface area contributed by atoms with Gasteiger partial charge in [0.2, 0.25) is 11.8 Å². The number of hydrogen-bond donors (Lipinski definition) is 0. The van der Waals surface area contributed by atoms with Gasteiger partial charge in [-0.1, -0.05) is 85.8 Å². The Bertz CT molecular complexity index is 1140. The molecular formula is C32H38N2O3. The summed E-state index contributed by atoms with van der Waals surface area (Å²) in [7, 11) is 1.86. The zero-order valence-corrected chi connectivity index (χ0v) is 22.0. The Hall–Kier alpha value is -3.60. The van der Waals surface area contributed by atoms with Crippen LogP contribution in [0.5, 0.6) is 5.75 Å². The van der Waals surface area contributed by atoms with Crippen molar-refractivity contribution >= 4 is 11.8 Å². The Morgan fingerprint density at radius 2 is 1.57 bits per heavy atom. The Labute approximate surface area is 221 Å². The maximum atomic E-state index is 13.7. The molecule has 0 bridgehead atoms. The predicted octanol–water partition coefficient (Wildman–Crippen LogP) is 5.92. The van der Waals surface area contributed by atoms with Gasteiger partial charge in [-0.2, -0.15) is 0 Å². The van der Waals surface area contributed by atoms with E-state index in [-0.39, 0.29) is 17.7 Å². The van der Waals surface area contributed by atoms with E-state index in [0.717, 1.165) is 36.1 Å². The molecule has 2 amide bonds. The number of rotatable bonds is 10. The molecule has 2 unspecified atom stereocenters. The molecule has 0 aliphatic carbocycles. The third-order valence-electron chi connectivity index (χ3n) is 7.38. The summed E-state index contributed by atoms with van der Waals surface area (Å²) in [6, 6.07) is 29.8. The van der Waals surface area contributed by atoms with Crippen molar-refractivity contribution in [2.45, 2.75) is 45.1 Å². The zero-order valence-electron chi connectivity index (χ0n) is 22.0. The van der Waals surface area contributed by atoms with Gasteiger partial charge in [0.15, 0.2) is 0 Å². The van der Waals surface area contributed by atoms with E-state index in [1.54, 1.807) is 4.90 Å². The Kier molecular flexibility index (Phi) is 8.99. The Morgan fingerprint density at radius 1 is 0.946 bits per heavy atom. The molecule has 1 aliphatic rings. The fourth-order valence-electron chi connectivity index (χ4n) is 5.32. The van der Waals surface area contributed by atoms with E-state index >= 15 is 0 Å². The van der Waals surface area contributed by atoms with Crippen molar-refractivity contribution in [1.82, 2.24) is 9.80 Å². The standard InChI is InChI=1S/C32H38N2O3/c1-3-29(27-16-9-5-10-17-27)31(36)34-21-13-20-32(24-34,25-37-28-18-11-6-12-19-28)22-30(35)33(2)23-26-14-7-4-8-15-26/h4-12,14-19,29H,3,13,20-25H2,1-2H3. The highest BCUT2D eigenvalue weighted by molar-refractivity contribution is 5.84. The summed E-state index contributed by atoms with van der Waals surface area (Å²) in [6.07, 6.45) is 2.78. The van der Waals surface area contributed by atoms with E-state index in [4.69, 9.17) is 4.74 Å². The smallest absolute Gasteiger partial charge is 0.230 e. The summed E-state index contributed by atoms with van der Waals surface area (Å²) in [6.45, 7) is 4.25. The molecule has 1 fully saturated rings. The first kappa shape index (κ1) is 26.5. The third kappa shape index (κ3) is 7.00. The van der Waals surface area contributed by atoms with Crippen molar-refractivity contribution in [1.29, 1.82) is 0 Å². The summed E-state index contributed by atoms with van der Waals surface area (Å²) in [5.41, 5.74) is 1.70. The molecule has 2 atom stereocenters. The average molecular weight is 499 g/mol. The fraction of sp³-hybridized carbons (Fsp3) is 0.375. The van der Waals surface area contributed by atoms with Crippen molar-refractivity contribution in [2.75, 3.05) is 26.7 Å². The molecule has 3 aromatic carbocycles. The molecule has 194 valence electrons. The number of para-hydroxylation sites is 1. The van der Waals surface area contributed by atoms with Crippen LogP contribution in [0, 0.1) is 5.41 Å². The number of piperidine rings is 1. The topological polar surface area (TPSA) is 49.9 Å². The molecule has 1 heterocycles. The number of nitrogens with zero attached hydrogens (tertiary/aromatic N) is 2. The SMILES string of the molecule is CCC(C(=O)N1CCCC(COc2ccccc2)(CC(=O)N(C)Cc2ccccc2)C1)c1ccccc1. The van der Waals surface area contributed by atoms with Crippen molar-refractivity contribution in [3.05, 3.63) is 102 Å².